The Morgan fingerprint density at radius 2 is 1.95 bits per heavy atom. The summed E-state index contributed by atoms with van der Waals surface area (Å²) in [5.41, 5.74) is 0. The van der Waals surface area contributed by atoms with Crippen LogP contribution in [-0.4, -0.2) is 48.6 Å². The Bertz CT molecular complexity index is 318. The van der Waals surface area contributed by atoms with Crippen molar-refractivity contribution in [3.05, 3.63) is 0 Å². The predicted octanol–water partition coefficient (Wildman–Crippen LogP) is 1.33. The molecule has 110 valence electrons. The number of nitrogens with zero attached hydrogens (tertiary/aromatic N) is 1. The molecule has 5 heteroatoms. The number of amides is 1. The summed E-state index contributed by atoms with van der Waals surface area (Å²) in [4.78, 5) is 25.2. The van der Waals surface area contributed by atoms with E-state index in [0.717, 1.165) is 25.8 Å². The first-order chi connectivity index (χ1) is 8.90. The maximum absolute atomic E-state index is 12.1. The lowest BCUT2D eigenvalue weighted by Crippen LogP contribution is -2.40. The quantitative estimate of drug-likeness (QED) is 0.764. The number of aliphatic carboxylic acids is 1. The van der Waals surface area contributed by atoms with E-state index in [2.05, 4.69) is 10.2 Å². The van der Waals surface area contributed by atoms with Crippen molar-refractivity contribution in [2.45, 2.75) is 45.1 Å². The average molecular weight is 270 g/mol. The first kappa shape index (κ1) is 16.0. The fourth-order valence-electron chi connectivity index (χ4n) is 2.54. The van der Waals surface area contributed by atoms with Crippen molar-refractivity contribution in [1.29, 1.82) is 0 Å². The molecule has 1 rings (SSSR count). The van der Waals surface area contributed by atoms with Crippen LogP contribution in [-0.2, 0) is 9.59 Å². The number of carboxylic acids is 1. The molecule has 2 N–H and O–H groups in total. The second kappa shape index (κ2) is 7.48. The second-order valence-electron chi connectivity index (χ2n) is 5.90. The van der Waals surface area contributed by atoms with Crippen LogP contribution in [0.15, 0.2) is 0 Å². The van der Waals surface area contributed by atoms with E-state index in [1.54, 1.807) is 0 Å². The molecule has 5 nitrogen and oxygen atoms in total. The maximum atomic E-state index is 12.1. The molecule has 0 heterocycles. The van der Waals surface area contributed by atoms with Gasteiger partial charge in [0, 0.05) is 12.0 Å². The molecule has 0 bridgehead atoms. The Labute approximate surface area is 115 Å². The third-order valence-electron chi connectivity index (χ3n) is 3.79. The van der Waals surface area contributed by atoms with E-state index in [0.29, 0.717) is 12.8 Å². The summed E-state index contributed by atoms with van der Waals surface area (Å²) in [7, 11) is 4.01. The van der Waals surface area contributed by atoms with Crippen LogP contribution in [0.25, 0.3) is 0 Å². The number of carboxylic acid groups (broad SMARTS) is 1. The minimum Gasteiger partial charge on any atom is -0.481 e. The maximum Gasteiger partial charge on any atom is 0.306 e. The normalized spacial score (nSPS) is 25.1. The number of hydrogen-bond acceptors (Lipinski definition) is 3. The predicted molar refractivity (Wildman–Crippen MR) is 73.9 cm³/mol. The van der Waals surface area contributed by atoms with E-state index < -0.39 is 5.97 Å². The zero-order valence-corrected chi connectivity index (χ0v) is 12.2. The molecule has 0 aromatic heterocycles. The van der Waals surface area contributed by atoms with Crippen molar-refractivity contribution < 1.29 is 14.7 Å². The van der Waals surface area contributed by atoms with Gasteiger partial charge in [0.05, 0.1) is 5.92 Å². The summed E-state index contributed by atoms with van der Waals surface area (Å²) in [5, 5.41) is 12.0. The fourth-order valence-corrected chi connectivity index (χ4v) is 2.54. The van der Waals surface area contributed by atoms with Crippen LogP contribution in [0.2, 0.25) is 0 Å². The topological polar surface area (TPSA) is 69.6 Å². The van der Waals surface area contributed by atoms with E-state index in [1.807, 2.05) is 21.0 Å². The summed E-state index contributed by atoms with van der Waals surface area (Å²) in [6.07, 6.45) is 3.75. The van der Waals surface area contributed by atoms with E-state index in [-0.39, 0.29) is 23.8 Å². The van der Waals surface area contributed by atoms with Gasteiger partial charge in [-0.25, -0.2) is 0 Å². The summed E-state index contributed by atoms with van der Waals surface area (Å²) in [6, 6.07) is 0.139. The van der Waals surface area contributed by atoms with Crippen LogP contribution in [0, 0.1) is 11.8 Å². The van der Waals surface area contributed by atoms with Gasteiger partial charge in [-0.2, -0.15) is 0 Å². The van der Waals surface area contributed by atoms with Gasteiger partial charge >= 0.3 is 5.97 Å². The monoisotopic (exact) mass is 270 g/mol. The van der Waals surface area contributed by atoms with Gasteiger partial charge in [0.25, 0.3) is 0 Å². The number of carbonyl (C=O) groups excluding carboxylic acids is 1. The van der Waals surface area contributed by atoms with Gasteiger partial charge in [-0.1, -0.05) is 6.42 Å². The lowest BCUT2D eigenvalue weighted by molar-refractivity contribution is -0.144. The first-order valence-corrected chi connectivity index (χ1v) is 7.08. The van der Waals surface area contributed by atoms with Crippen LogP contribution in [0.3, 0.4) is 0 Å². The highest BCUT2D eigenvalue weighted by atomic mass is 16.4. The Kier molecular flexibility index (Phi) is 6.28. The van der Waals surface area contributed by atoms with Gasteiger partial charge in [-0.3, -0.25) is 9.59 Å². The van der Waals surface area contributed by atoms with Crippen molar-refractivity contribution in [1.82, 2.24) is 10.2 Å². The molecule has 1 saturated carbocycles. The standard InChI is InChI=1S/C14H26N2O3/c1-10(7-8-16(2)3)15-13(17)11-5-4-6-12(9-11)14(18)19/h10-12H,4-9H2,1-3H3,(H,15,17)(H,18,19). The Morgan fingerprint density at radius 1 is 1.32 bits per heavy atom. The lowest BCUT2D eigenvalue weighted by atomic mass is 9.81. The van der Waals surface area contributed by atoms with E-state index >= 15 is 0 Å². The third-order valence-corrected chi connectivity index (χ3v) is 3.79. The molecule has 19 heavy (non-hydrogen) atoms. The zero-order chi connectivity index (χ0) is 14.4. The van der Waals surface area contributed by atoms with Gasteiger partial charge in [0.1, 0.15) is 0 Å². The van der Waals surface area contributed by atoms with Crippen LogP contribution in [0.5, 0.6) is 0 Å². The summed E-state index contributed by atoms with van der Waals surface area (Å²) in [5.74, 6) is -1.21. The molecule has 1 aliphatic carbocycles. The largest absolute Gasteiger partial charge is 0.481 e. The molecule has 0 saturated heterocycles. The van der Waals surface area contributed by atoms with Crippen LogP contribution in [0.4, 0.5) is 0 Å². The molecular weight excluding hydrogens is 244 g/mol. The minimum absolute atomic E-state index is 0.0252. The molecule has 0 aliphatic heterocycles. The number of rotatable bonds is 6. The van der Waals surface area contributed by atoms with Crippen molar-refractivity contribution in [2.24, 2.45) is 11.8 Å². The van der Waals surface area contributed by atoms with Crippen molar-refractivity contribution >= 4 is 11.9 Å². The van der Waals surface area contributed by atoms with Crippen molar-refractivity contribution in [3.63, 3.8) is 0 Å². The van der Waals surface area contributed by atoms with Gasteiger partial charge in [0.2, 0.25) is 5.91 Å². The second-order valence-corrected chi connectivity index (χ2v) is 5.90. The molecule has 1 fully saturated rings. The molecule has 0 radical (unpaired) electrons. The average Bonchev–Trinajstić information content (AvgIpc) is 2.36. The molecular formula is C14H26N2O3. The fraction of sp³-hybridized carbons (Fsp3) is 0.857. The van der Waals surface area contributed by atoms with Gasteiger partial charge < -0.3 is 15.3 Å². The van der Waals surface area contributed by atoms with Gasteiger partial charge in [0.15, 0.2) is 0 Å². The summed E-state index contributed by atoms with van der Waals surface area (Å²) < 4.78 is 0. The molecule has 1 amide bonds. The summed E-state index contributed by atoms with van der Waals surface area (Å²) >= 11 is 0. The smallest absolute Gasteiger partial charge is 0.306 e. The third kappa shape index (κ3) is 5.59. The van der Waals surface area contributed by atoms with Crippen LogP contribution < -0.4 is 5.32 Å². The first-order valence-electron chi connectivity index (χ1n) is 7.08. The zero-order valence-electron chi connectivity index (χ0n) is 12.2. The Balaban J connectivity index is 2.38. The molecule has 1 aliphatic rings. The van der Waals surface area contributed by atoms with E-state index in [1.165, 1.54) is 0 Å². The molecule has 3 unspecified atom stereocenters. The van der Waals surface area contributed by atoms with Crippen LogP contribution in [0.1, 0.15) is 39.0 Å². The number of carbonyl (C=O) groups is 2. The highest BCUT2D eigenvalue weighted by Crippen LogP contribution is 2.29. The van der Waals surface area contributed by atoms with Crippen molar-refractivity contribution in [2.75, 3.05) is 20.6 Å². The van der Waals surface area contributed by atoms with Crippen molar-refractivity contribution in [3.8, 4) is 0 Å². The Morgan fingerprint density at radius 3 is 2.53 bits per heavy atom. The van der Waals surface area contributed by atoms with E-state index in [9.17, 15) is 9.59 Å². The SMILES string of the molecule is CC(CCN(C)C)NC(=O)C1CCCC(C(=O)O)C1. The molecule has 0 spiro atoms. The molecule has 3 atom stereocenters. The highest BCUT2D eigenvalue weighted by Gasteiger charge is 2.31. The van der Waals surface area contributed by atoms with Gasteiger partial charge in [-0.15, -0.1) is 0 Å². The molecule has 0 aromatic carbocycles. The highest BCUT2D eigenvalue weighted by molar-refractivity contribution is 5.80. The molecule has 0 aromatic rings. The number of nitrogens with one attached hydrogen (secondary N) is 1. The van der Waals surface area contributed by atoms with E-state index in [4.69, 9.17) is 5.11 Å². The van der Waals surface area contributed by atoms with Gasteiger partial charge in [-0.05, 0) is 53.2 Å². The summed E-state index contributed by atoms with van der Waals surface area (Å²) in [6.45, 7) is 2.93. The van der Waals surface area contributed by atoms with Crippen LogP contribution >= 0.6 is 0 Å². The Hall–Kier alpha value is -1.10. The minimum atomic E-state index is -0.766. The number of hydrogen-bond donors (Lipinski definition) is 2. The lowest BCUT2D eigenvalue weighted by Gasteiger charge is -2.27.